The minimum Gasteiger partial charge on any atom is -0.352 e. The number of hydrogen-bond acceptors (Lipinski definition) is 5. The maximum absolute atomic E-state index is 12.1. The lowest BCUT2D eigenvalue weighted by atomic mass is 10.1. The lowest BCUT2D eigenvalue weighted by Crippen LogP contribution is -2.25. The van der Waals surface area contributed by atoms with Gasteiger partial charge in [-0.05, 0) is 12.0 Å². The number of amides is 1. The van der Waals surface area contributed by atoms with Crippen LogP contribution in [-0.4, -0.2) is 22.3 Å². The first-order chi connectivity index (χ1) is 11.4. The number of nitro benzene ring substituents is 2. The molecule has 0 aliphatic carbocycles. The zero-order valence-electron chi connectivity index (χ0n) is 12.3. The average molecular weight is 350 g/mol. The standard InChI is InChI=1S/C15H12ClN3O5/c16-14-12(18(21)22)8-11(9-13(14)19(23)24)15(20)17-7-6-10-4-2-1-3-5-10/h1-5,8-9H,6-7H2,(H,17,20). The van der Waals surface area contributed by atoms with Crippen molar-refractivity contribution < 1.29 is 14.6 Å². The third-order valence-corrected chi connectivity index (χ3v) is 3.62. The van der Waals surface area contributed by atoms with E-state index in [1.54, 1.807) is 0 Å². The van der Waals surface area contributed by atoms with Crippen molar-refractivity contribution in [3.63, 3.8) is 0 Å². The highest BCUT2D eigenvalue weighted by atomic mass is 35.5. The Balaban J connectivity index is 2.16. The lowest BCUT2D eigenvalue weighted by molar-refractivity contribution is -0.393. The molecular formula is C15H12ClN3O5. The van der Waals surface area contributed by atoms with Crippen LogP contribution in [0.3, 0.4) is 0 Å². The van der Waals surface area contributed by atoms with Gasteiger partial charge in [-0.15, -0.1) is 0 Å². The quantitative estimate of drug-likeness (QED) is 0.635. The monoisotopic (exact) mass is 349 g/mol. The third-order valence-electron chi connectivity index (χ3n) is 3.23. The van der Waals surface area contributed by atoms with Crippen molar-refractivity contribution in [2.24, 2.45) is 0 Å². The summed E-state index contributed by atoms with van der Waals surface area (Å²) in [6.07, 6.45) is 0.560. The summed E-state index contributed by atoms with van der Waals surface area (Å²) in [5.74, 6) is -0.645. The zero-order chi connectivity index (χ0) is 17.7. The molecule has 2 aromatic carbocycles. The van der Waals surface area contributed by atoms with Gasteiger partial charge in [-0.1, -0.05) is 41.9 Å². The van der Waals surface area contributed by atoms with Crippen LogP contribution in [0.1, 0.15) is 15.9 Å². The molecule has 0 spiro atoms. The van der Waals surface area contributed by atoms with Gasteiger partial charge in [0.2, 0.25) is 0 Å². The third kappa shape index (κ3) is 4.05. The molecule has 2 aromatic rings. The molecule has 1 amide bonds. The molecule has 0 aliphatic rings. The second-order valence-corrected chi connectivity index (χ2v) is 5.21. The van der Waals surface area contributed by atoms with Crippen LogP contribution in [0.2, 0.25) is 5.02 Å². The molecule has 0 radical (unpaired) electrons. The molecule has 0 bridgehead atoms. The van der Waals surface area contributed by atoms with E-state index in [1.807, 2.05) is 30.3 Å². The summed E-state index contributed by atoms with van der Waals surface area (Å²) in [5, 5.41) is 23.8. The van der Waals surface area contributed by atoms with Crippen LogP contribution in [0.25, 0.3) is 0 Å². The predicted octanol–water partition coefficient (Wildman–Crippen LogP) is 3.13. The molecule has 0 heterocycles. The molecule has 0 saturated carbocycles. The Hall–Kier alpha value is -3.00. The topological polar surface area (TPSA) is 115 Å². The van der Waals surface area contributed by atoms with Gasteiger partial charge in [0.15, 0.2) is 5.02 Å². The molecule has 0 aliphatic heterocycles. The highest BCUT2D eigenvalue weighted by Crippen LogP contribution is 2.34. The molecule has 0 unspecified atom stereocenters. The van der Waals surface area contributed by atoms with E-state index < -0.39 is 32.2 Å². The Labute approximate surface area is 141 Å². The smallest absolute Gasteiger partial charge is 0.295 e. The predicted molar refractivity (Wildman–Crippen MR) is 87.2 cm³/mol. The molecule has 0 fully saturated rings. The Morgan fingerprint density at radius 1 is 1.04 bits per heavy atom. The van der Waals surface area contributed by atoms with Crippen molar-refractivity contribution in [1.82, 2.24) is 5.32 Å². The van der Waals surface area contributed by atoms with Gasteiger partial charge in [0.25, 0.3) is 17.3 Å². The minimum atomic E-state index is -0.865. The molecule has 24 heavy (non-hydrogen) atoms. The number of halogens is 1. The van der Waals surface area contributed by atoms with Gasteiger partial charge < -0.3 is 5.32 Å². The largest absolute Gasteiger partial charge is 0.352 e. The van der Waals surface area contributed by atoms with E-state index in [0.29, 0.717) is 6.42 Å². The SMILES string of the molecule is O=C(NCCc1ccccc1)c1cc([N+](=O)[O-])c(Cl)c([N+](=O)[O-])c1. The van der Waals surface area contributed by atoms with Gasteiger partial charge in [-0.25, -0.2) is 0 Å². The van der Waals surface area contributed by atoms with Crippen LogP contribution in [-0.2, 0) is 6.42 Å². The van der Waals surface area contributed by atoms with Crippen molar-refractivity contribution in [3.05, 3.63) is 78.8 Å². The Bertz CT molecular complexity index is 760. The van der Waals surface area contributed by atoms with E-state index in [1.165, 1.54) is 0 Å². The minimum absolute atomic E-state index is 0.189. The summed E-state index contributed by atoms with van der Waals surface area (Å²) >= 11 is 5.64. The molecule has 0 aromatic heterocycles. The maximum atomic E-state index is 12.1. The van der Waals surface area contributed by atoms with Gasteiger partial charge >= 0.3 is 0 Å². The number of benzene rings is 2. The van der Waals surface area contributed by atoms with Crippen LogP contribution >= 0.6 is 11.6 Å². The Morgan fingerprint density at radius 2 is 1.58 bits per heavy atom. The number of carbonyl (C=O) groups is 1. The highest BCUT2D eigenvalue weighted by molar-refractivity contribution is 6.35. The van der Waals surface area contributed by atoms with Crippen molar-refractivity contribution in [2.75, 3.05) is 6.54 Å². The lowest BCUT2D eigenvalue weighted by Gasteiger charge is -2.06. The zero-order valence-corrected chi connectivity index (χ0v) is 13.0. The molecule has 9 heteroatoms. The highest BCUT2D eigenvalue weighted by Gasteiger charge is 2.27. The first kappa shape index (κ1) is 17.4. The first-order valence-corrected chi connectivity index (χ1v) is 7.22. The maximum Gasteiger partial charge on any atom is 0.295 e. The van der Waals surface area contributed by atoms with Crippen LogP contribution in [0.5, 0.6) is 0 Å². The Morgan fingerprint density at radius 3 is 2.08 bits per heavy atom. The van der Waals surface area contributed by atoms with Crippen LogP contribution < -0.4 is 5.32 Å². The summed E-state index contributed by atoms with van der Waals surface area (Å²) in [6, 6.07) is 11.2. The molecular weight excluding hydrogens is 338 g/mol. The fourth-order valence-electron chi connectivity index (χ4n) is 2.06. The molecule has 0 atom stereocenters. The van der Waals surface area contributed by atoms with Crippen molar-refractivity contribution in [2.45, 2.75) is 6.42 Å². The second-order valence-electron chi connectivity index (χ2n) is 4.83. The fourth-order valence-corrected chi connectivity index (χ4v) is 2.31. The summed E-state index contributed by atoms with van der Waals surface area (Å²) in [6.45, 7) is 0.285. The number of nitro groups is 2. The summed E-state index contributed by atoms with van der Waals surface area (Å²) in [7, 11) is 0. The molecule has 1 N–H and O–H groups in total. The van der Waals surface area contributed by atoms with Crippen LogP contribution in [0, 0.1) is 20.2 Å². The molecule has 124 valence electrons. The fraction of sp³-hybridized carbons (Fsp3) is 0.133. The first-order valence-electron chi connectivity index (χ1n) is 6.84. The number of rotatable bonds is 6. The van der Waals surface area contributed by atoms with Crippen molar-refractivity contribution in [3.8, 4) is 0 Å². The van der Waals surface area contributed by atoms with Crippen LogP contribution in [0.4, 0.5) is 11.4 Å². The van der Waals surface area contributed by atoms with Gasteiger partial charge in [-0.2, -0.15) is 0 Å². The van der Waals surface area contributed by atoms with Crippen molar-refractivity contribution in [1.29, 1.82) is 0 Å². The van der Waals surface area contributed by atoms with Gasteiger partial charge in [0.05, 0.1) is 15.4 Å². The summed E-state index contributed by atoms with van der Waals surface area (Å²) < 4.78 is 0. The van der Waals surface area contributed by atoms with E-state index in [2.05, 4.69) is 5.32 Å². The van der Waals surface area contributed by atoms with E-state index in [-0.39, 0.29) is 12.1 Å². The Kier molecular flexibility index (Phi) is 5.43. The number of carbonyl (C=O) groups excluding carboxylic acids is 1. The van der Waals surface area contributed by atoms with Crippen molar-refractivity contribution >= 4 is 28.9 Å². The number of nitrogens with zero attached hydrogens (tertiary/aromatic N) is 2. The number of nitrogens with one attached hydrogen (secondary N) is 1. The van der Waals surface area contributed by atoms with Crippen LogP contribution in [0.15, 0.2) is 42.5 Å². The van der Waals surface area contributed by atoms with E-state index in [9.17, 15) is 25.0 Å². The average Bonchev–Trinajstić information content (AvgIpc) is 2.55. The summed E-state index contributed by atoms with van der Waals surface area (Å²) in [4.78, 5) is 32.2. The van der Waals surface area contributed by atoms with E-state index >= 15 is 0 Å². The van der Waals surface area contributed by atoms with Gasteiger partial charge in [-0.3, -0.25) is 25.0 Å². The van der Waals surface area contributed by atoms with Gasteiger partial charge in [0, 0.05) is 18.7 Å². The normalized spacial score (nSPS) is 10.2. The second kappa shape index (κ2) is 7.51. The van der Waals surface area contributed by atoms with E-state index in [0.717, 1.165) is 17.7 Å². The summed E-state index contributed by atoms with van der Waals surface area (Å²) in [5.41, 5.74) is -0.546. The molecule has 0 saturated heterocycles. The van der Waals surface area contributed by atoms with Gasteiger partial charge in [0.1, 0.15) is 0 Å². The molecule has 8 nitrogen and oxygen atoms in total. The number of hydrogen-bond donors (Lipinski definition) is 1. The molecule has 2 rings (SSSR count). The van der Waals surface area contributed by atoms with E-state index in [4.69, 9.17) is 11.6 Å².